The van der Waals surface area contributed by atoms with Gasteiger partial charge in [-0.25, -0.2) is 0 Å². The molecule has 0 atom stereocenters. The van der Waals surface area contributed by atoms with Crippen LogP contribution in [0.3, 0.4) is 0 Å². The molecule has 0 aromatic heterocycles. The van der Waals surface area contributed by atoms with Gasteiger partial charge in [0.25, 0.3) is 0 Å². The molecule has 1 aliphatic rings. The maximum absolute atomic E-state index is 12.2. The smallest absolute Gasteiger partial charge is 0.244 e. The van der Waals surface area contributed by atoms with Crippen molar-refractivity contribution in [3.63, 3.8) is 0 Å². The minimum Gasteiger partial charge on any atom is -0.497 e. The van der Waals surface area contributed by atoms with E-state index >= 15 is 0 Å². The fourth-order valence-electron chi connectivity index (χ4n) is 2.76. The summed E-state index contributed by atoms with van der Waals surface area (Å²) in [5, 5.41) is 2.98. The first-order chi connectivity index (χ1) is 12.0. The van der Waals surface area contributed by atoms with Crippen molar-refractivity contribution in [3.05, 3.63) is 29.8 Å². The van der Waals surface area contributed by atoms with E-state index in [1.54, 1.807) is 26.4 Å². The molecule has 2 rings (SSSR count). The highest BCUT2D eigenvalue weighted by Crippen LogP contribution is 2.25. The van der Waals surface area contributed by atoms with Gasteiger partial charge in [0.2, 0.25) is 5.91 Å². The average molecular weight is 348 g/mol. The first-order valence-electron chi connectivity index (χ1n) is 8.47. The fourth-order valence-corrected chi connectivity index (χ4v) is 2.76. The van der Waals surface area contributed by atoms with E-state index in [9.17, 15) is 4.79 Å². The molecule has 1 aliphatic heterocycles. The predicted molar refractivity (Wildman–Crippen MR) is 98.1 cm³/mol. The lowest BCUT2D eigenvalue weighted by atomic mass is 10.0. The van der Waals surface area contributed by atoms with Crippen molar-refractivity contribution in [2.75, 3.05) is 47.1 Å². The Labute approximate surface area is 149 Å². The van der Waals surface area contributed by atoms with Gasteiger partial charge in [-0.15, -0.1) is 0 Å². The third kappa shape index (κ3) is 5.47. The Hall–Kier alpha value is -2.05. The molecule has 0 aliphatic carbocycles. The number of benzene rings is 1. The number of carbonyl (C=O) groups excluding carboxylic acids is 1. The molecular formula is C19H28N2O4. The van der Waals surface area contributed by atoms with Crippen LogP contribution in [0, 0.1) is 0 Å². The van der Waals surface area contributed by atoms with E-state index in [-0.39, 0.29) is 11.4 Å². The number of hydrogen-bond acceptors (Lipinski definition) is 5. The van der Waals surface area contributed by atoms with Gasteiger partial charge in [-0.1, -0.05) is 0 Å². The lowest BCUT2D eigenvalue weighted by Gasteiger charge is -2.40. The summed E-state index contributed by atoms with van der Waals surface area (Å²) in [6.45, 7) is 8.12. The van der Waals surface area contributed by atoms with Crippen LogP contribution in [0.5, 0.6) is 11.5 Å². The Bertz CT molecular complexity index is 607. The van der Waals surface area contributed by atoms with Gasteiger partial charge < -0.3 is 19.5 Å². The van der Waals surface area contributed by atoms with E-state index in [0.717, 1.165) is 31.9 Å². The van der Waals surface area contributed by atoms with Crippen LogP contribution in [-0.4, -0.2) is 63.4 Å². The SMILES string of the molecule is COc1ccc(/C=C/C(=O)NCC(C)(C)N2CCOCC2)c(OC)c1. The summed E-state index contributed by atoms with van der Waals surface area (Å²) in [6, 6.07) is 5.49. The molecule has 0 unspecified atom stereocenters. The molecule has 0 bridgehead atoms. The standard InChI is InChI=1S/C19H28N2O4/c1-19(2,21-9-11-25-12-10-21)14-20-18(22)8-6-15-5-7-16(23-3)13-17(15)24-4/h5-8,13H,9-12,14H2,1-4H3,(H,20,22)/b8-6+. The molecule has 138 valence electrons. The topological polar surface area (TPSA) is 60.0 Å². The number of amides is 1. The molecule has 25 heavy (non-hydrogen) atoms. The van der Waals surface area contributed by atoms with Crippen molar-refractivity contribution < 1.29 is 19.0 Å². The third-order valence-electron chi connectivity index (χ3n) is 4.42. The first kappa shape index (κ1) is 19.3. The van der Waals surface area contributed by atoms with E-state index in [4.69, 9.17) is 14.2 Å². The second-order valence-corrected chi connectivity index (χ2v) is 6.57. The molecule has 1 amide bonds. The second kappa shape index (κ2) is 8.87. The van der Waals surface area contributed by atoms with E-state index in [1.165, 1.54) is 6.08 Å². The molecule has 1 saturated heterocycles. The summed E-state index contributed by atoms with van der Waals surface area (Å²) in [5.74, 6) is 1.25. The summed E-state index contributed by atoms with van der Waals surface area (Å²) in [7, 11) is 3.20. The number of ether oxygens (including phenoxy) is 3. The van der Waals surface area contributed by atoms with Crippen LogP contribution >= 0.6 is 0 Å². The Kier molecular flexibility index (Phi) is 6.84. The van der Waals surface area contributed by atoms with Crippen LogP contribution in [0.25, 0.3) is 6.08 Å². The maximum Gasteiger partial charge on any atom is 0.244 e. The molecule has 0 radical (unpaired) electrons. The minimum absolute atomic E-state index is 0.106. The van der Waals surface area contributed by atoms with Gasteiger partial charge in [-0.3, -0.25) is 9.69 Å². The molecular weight excluding hydrogens is 320 g/mol. The summed E-state index contributed by atoms with van der Waals surface area (Å²) in [5.41, 5.74) is 0.719. The highest BCUT2D eigenvalue weighted by atomic mass is 16.5. The highest BCUT2D eigenvalue weighted by molar-refractivity contribution is 5.92. The Morgan fingerprint density at radius 2 is 2.00 bits per heavy atom. The molecule has 0 spiro atoms. The minimum atomic E-state index is -0.126. The van der Waals surface area contributed by atoms with Gasteiger partial charge in [-0.2, -0.15) is 0 Å². The Morgan fingerprint density at radius 1 is 1.28 bits per heavy atom. The van der Waals surface area contributed by atoms with Crippen LogP contribution in [0.15, 0.2) is 24.3 Å². The van der Waals surface area contributed by atoms with Gasteiger partial charge in [0.1, 0.15) is 11.5 Å². The number of rotatable bonds is 7. The number of carbonyl (C=O) groups is 1. The predicted octanol–water partition coefficient (Wildman–Crippen LogP) is 1.94. The first-order valence-corrected chi connectivity index (χ1v) is 8.47. The number of nitrogens with one attached hydrogen (secondary N) is 1. The summed E-state index contributed by atoms with van der Waals surface area (Å²) >= 11 is 0. The third-order valence-corrected chi connectivity index (χ3v) is 4.42. The number of methoxy groups -OCH3 is 2. The van der Waals surface area contributed by atoms with Crippen LogP contribution in [-0.2, 0) is 9.53 Å². The molecule has 0 saturated carbocycles. The van der Waals surface area contributed by atoms with Gasteiger partial charge in [-0.05, 0) is 32.1 Å². The van der Waals surface area contributed by atoms with Crippen molar-refractivity contribution in [2.45, 2.75) is 19.4 Å². The number of hydrogen-bond donors (Lipinski definition) is 1. The van der Waals surface area contributed by atoms with Gasteiger partial charge in [0.05, 0.1) is 27.4 Å². The second-order valence-electron chi connectivity index (χ2n) is 6.57. The van der Waals surface area contributed by atoms with Gasteiger partial charge in [0.15, 0.2) is 0 Å². The molecule has 6 heteroatoms. The van der Waals surface area contributed by atoms with Crippen LogP contribution in [0.1, 0.15) is 19.4 Å². The zero-order valence-corrected chi connectivity index (χ0v) is 15.5. The van der Waals surface area contributed by atoms with Crippen LogP contribution in [0.2, 0.25) is 0 Å². The summed E-state index contributed by atoms with van der Waals surface area (Å²) in [6.07, 6.45) is 3.27. The van der Waals surface area contributed by atoms with E-state index in [2.05, 4.69) is 24.1 Å². The van der Waals surface area contributed by atoms with Crippen molar-refractivity contribution >= 4 is 12.0 Å². The monoisotopic (exact) mass is 348 g/mol. The van der Waals surface area contributed by atoms with Crippen molar-refractivity contribution in [3.8, 4) is 11.5 Å². The average Bonchev–Trinajstić information content (AvgIpc) is 2.65. The molecule has 1 fully saturated rings. The normalized spacial score (nSPS) is 16.0. The zero-order valence-electron chi connectivity index (χ0n) is 15.5. The van der Waals surface area contributed by atoms with Crippen molar-refractivity contribution in [1.82, 2.24) is 10.2 Å². The molecule has 1 aromatic rings. The summed E-state index contributed by atoms with van der Waals surface area (Å²) in [4.78, 5) is 14.5. The van der Waals surface area contributed by atoms with Crippen LogP contribution in [0.4, 0.5) is 0 Å². The Balaban J connectivity index is 1.92. The van der Waals surface area contributed by atoms with Gasteiger partial charge in [0, 0.05) is 42.9 Å². The van der Waals surface area contributed by atoms with E-state index in [0.29, 0.717) is 18.0 Å². The molecule has 1 heterocycles. The zero-order chi connectivity index (χ0) is 18.3. The number of nitrogens with zero attached hydrogens (tertiary/aromatic N) is 1. The summed E-state index contributed by atoms with van der Waals surface area (Å²) < 4.78 is 15.9. The Morgan fingerprint density at radius 3 is 2.64 bits per heavy atom. The van der Waals surface area contributed by atoms with Crippen molar-refractivity contribution in [1.29, 1.82) is 0 Å². The van der Waals surface area contributed by atoms with E-state index < -0.39 is 0 Å². The molecule has 1 N–H and O–H groups in total. The fraction of sp³-hybridized carbons (Fsp3) is 0.526. The lowest BCUT2D eigenvalue weighted by molar-refractivity contribution is -0.117. The lowest BCUT2D eigenvalue weighted by Crippen LogP contribution is -2.55. The molecule has 1 aromatic carbocycles. The van der Waals surface area contributed by atoms with E-state index in [1.807, 2.05) is 12.1 Å². The molecule has 6 nitrogen and oxygen atoms in total. The quantitative estimate of drug-likeness (QED) is 0.763. The largest absolute Gasteiger partial charge is 0.497 e. The van der Waals surface area contributed by atoms with Crippen molar-refractivity contribution in [2.24, 2.45) is 0 Å². The number of morpholine rings is 1. The van der Waals surface area contributed by atoms with Crippen LogP contribution < -0.4 is 14.8 Å². The maximum atomic E-state index is 12.2. The highest BCUT2D eigenvalue weighted by Gasteiger charge is 2.28. The van der Waals surface area contributed by atoms with Gasteiger partial charge >= 0.3 is 0 Å².